The normalized spacial score (nSPS) is 24.5. The van der Waals surface area contributed by atoms with Crippen LogP contribution in [-0.4, -0.2) is 34.1 Å². The Bertz CT molecular complexity index is 571. The lowest BCUT2D eigenvalue weighted by Crippen LogP contribution is -2.34. The molecule has 1 fully saturated rings. The highest BCUT2D eigenvalue weighted by Gasteiger charge is 2.34. The van der Waals surface area contributed by atoms with Gasteiger partial charge in [-0.15, -0.1) is 0 Å². The highest BCUT2D eigenvalue weighted by atomic mass is 32.2. The van der Waals surface area contributed by atoms with Crippen LogP contribution in [0.5, 0.6) is 5.75 Å². The molecule has 0 aliphatic heterocycles. The van der Waals surface area contributed by atoms with E-state index in [9.17, 15) is 8.42 Å². The first-order chi connectivity index (χ1) is 9.97. The molecule has 3 unspecified atom stereocenters. The third kappa shape index (κ3) is 3.77. The second-order valence-corrected chi connectivity index (χ2v) is 8.21. The maximum atomic E-state index is 11.9. The zero-order valence-electron chi connectivity index (χ0n) is 13.0. The highest BCUT2D eigenvalue weighted by Crippen LogP contribution is 2.39. The number of rotatable bonds is 5. The predicted octanol–water partition coefficient (Wildman–Crippen LogP) is 2.56. The fourth-order valence-electron chi connectivity index (χ4n) is 3.44. The van der Waals surface area contributed by atoms with E-state index in [0.29, 0.717) is 5.92 Å². The Kier molecular flexibility index (Phi) is 5.27. The van der Waals surface area contributed by atoms with Crippen molar-refractivity contribution in [2.45, 2.75) is 37.0 Å². The van der Waals surface area contributed by atoms with E-state index in [0.717, 1.165) is 37.0 Å². The van der Waals surface area contributed by atoms with Gasteiger partial charge in [0.15, 0.2) is 0 Å². The lowest BCUT2D eigenvalue weighted by Gasteiger charge is -2.34. The van der Waals surface area contributed by atoms with Gasteiger partial charge in [0.25, 0.3) is 0 Å². The summed E-state index contributed by atoms with van der Waals surface area (Å²) in [6.45, 7) is 0. The zero-order valence-corrected chi connectivity index (χ0v) is 13.8. The number of sulfone groups is 1. The molecule has 0 radical (unpaired) electrons. The van der Waals surface area contributed by atoms with Crippen molar-refractivity contribution in [3.63, 3.8) is 0 Å². The van der Waals surface area contributed by atoms with Crippen molar-refractivity contribution >= 4 is 9.84 Å². The van der Waals surface area contributed by atoms with Crippen LogP contribution in [0.3, 0.4) is 0 Å². The van der Waals surface area contributed by atoms with Gasteiger partial charge in [-0.3, -0.25) is 0 Å². The Morgan fingerprint density at radius 1 is 1.29 bits per heavy atom. The molecule has 0 aromatic heterocycles. The van der Waals surface area contributed by atoms with Crippen LogP contribution in [-0.2, 0) is 9.84 Å². The quantitative estimate of drug-likeness (QED) is 0.908. The van der Waals surface area contributed by atoms with Crippen molar-refractivity contribution < 1.29 is 13.2 Å². The molecule has 1 N–H and O–H groups in total. The first-order valence-electron chi connectivity index (χ1n) is 7.46. The minimum absolute atomic E-state index is 0.130. The van der Waals surface area contributed by atoms with Crippen LogP contribution in [0.2, 0.25) is 0 Å². The smallest absolute Gasteiger partial charge is 0.150 e. The molecule has 4 nitrogen and oxygen atoms in total. The van der Waals surface area contributed by atoms with E-state index in [2.05, 4.69) is 11.4 Å². The van der Waals surface area contributed by atoms with Gasteiger partial charge in [0.2, 0.25) is 0 Å². The second-order valence-electron chi connectivity index (χ2n) is 5.89. The molecule has 1 aliphatic carbocycles. The molecule has 1 saturated carbocycles. The largest absolute Gasteiger partial charge is 0.496 e. The number of nitrogens with one attached hydrogen (secondary N) is 1. The summed E-state index contributed by atoms with van der Waals surface area (Å²) in [5.41, 5.74) is 1.11. The number of hydrogen-bond donors (Lipinski definition) is 1. The second kappa shape index (κ2) is 6.79. The average molecular weight is 311 g/mol. The highest BCUT2D eigenvalue weighted by molar-refractivity contribution is 7.91. The molecular weight excluding hydrogens is 286 g/mol. The van der Waals surface area contributed by atoms with Crippen molar-refractivity contribution in [2.75, 3.05) is 20.4 Å². The SMILES string of the molecule is CNC(c1ccccc1OC)C1CCCC(S(C)(=O)=O)C1. The van der Waals surface area contributed by atoms with Crippen LogP contribution in [0.15, 0.2) is 24.3 Å². The summed E-state index contributed by atoms with van der Waals surface area (Å²) >= 11 is 0. The van der Waals surface area contributed by atoms with Gasteiger partial charge in [0.1, 0.15) is 15.6 Å². The molecule has 2 rings (SSSR count). The lowest BCUT2D eigenvalue weighted by atomic mass is 9.80. The summed E-state index contributed by atoms with van der Waals surface area (Å²) in [4.78, 5) is 0. The molecule has 1 aliphatic rings. The van der Waals surface area contributed by atoms with E-state index in [4.69, 9.17) is 4.74 Å². The third-order valence-electron chi connectivity index (χ3n) is 4.53. The maximum absolute atomic E-state index is 11.9. The number of benzene rings is 1. The number of hydrogen-bond acceptors (Lipinski definition) is 4. The molecule has 0 bridgehead atoms. The summed E-state index contributed by atoms with van der Waals surface area (Å²) in [6, 6.07) is 8.10. The van der Waals surface area contributed by atoms with Crippen molar-refractivity contribution in [3.05, 3.63) is 29.8 Å². The van der Waals surface area contributed by atoms with Crippen LogP contribution in [0.4, 0.5) is 0 Å². The standard InChI is InChI=1S/C16H25NO3S/c1-17-16(14-9-4-5-10-15(14)20-2)12-7-6-8-13(11-12)21(3,18)19/h4-5,9-10,12-13,16-17H,6-8,11H2,1-3H3. The Morgan fingerprint density at radius 2 is 2.00 bits per heavy atom. The Hall–Kier alpha value is -1.07. The number of ether oxygens (including phenoxy) is 1. The molecule has 118 valence electrons. The van der Waals surface area contributed by atoms with Crippen LogP contribution in [0, 0.1) is 5.92 Å². The van der Waals surface area contributed by atoms with Crippen LogP contribution in [0.25, 0.3) is 0 Å². The third-order valence-corrected chi connectivity index (χ3v) is 6.17. The molecular formula is C16H25NO3S. The van der Waals surface area contributed by atoms with Gasteiger partial charge in [-0.2, -0.15) is 0 Å². The lowest BCUT2D eigenvalue weighted by molar-refractivity contribution is 0.276. The molecule has 0 amide bonds. The van der Waals surface area contributed by atoms with Gasteiger partial charge >= 0.3 is 0 Å². The van der Waals surface area contributed by atoms with Crippen LogP contribution in [0.1, 0.15) is 37.3 Å². The zero-order chi connectivity index (χ0) is 15.5. The average Bonchev–Trinajstić information content (AvgIpc) is 2.48. The van der Waals surface area contributed by atoms with Gasteiger partial charge < -0.3 is 10.1 Å². The van der Waals surface area contributed by atoms with Crippen molar-refractivity contribution in [3.8, 4) is 5.75 Å². The summed E-state index contributed by atoms with van der Waals surface area (Å²) in [5, 5.41) is 3.15. The molecule has 0 saturated heterocycles. The number of para-hydroxylation sites is 1. The fraction of sp³-hybridized carbons (Fsp3) is 0.625. The summed E-state index contributed by atoms with van der Waals surface area (Å²) < 4.78 is 29.2. The van der Waals surface area contributed by atoms with Crippen LogP contribution >= 0.6 is 0 Å². The first-order valence-corrected chi connectivity index (χ1v) is 9.42. The van der Waals surface area contributed by atoms with E-state index < -0.39 is 9.84 Å². The Labute approximate surface area is 127 Å². The van der Waals surface area contributed by atoms with Crippen LogP contribution < -0.4 is 10.1 Å². The molecule has 3 atom stereocenters. The Balaban J connectivity index is 2.25. The van der Waals surface area contributed by atoms with Crippen molar-refractivity contribution in [1.82, 2.24) is 5.32 Å². The summed E-state index contributed by atoms with van der Waals surface area (Å²) in [5.74, 6) is 1.18. The van der Waals surface area contributed by atoms with E-state index in [1.807, 2.05) is 25.2 Å². The molecule has 0 heterocycles. The molecule has 0 spiro atoms. The number of methoxy groups -OCH3 is 1. The molecule has 1 aromatic carbocycles. The summed E-state index contributed by atoms with van der Waals surface area (Å²) in [6.07, 6.45) is 4.89. The van der Waals surface area contributed by atoms with E-state index in [-0.39, 0.29) is 11.3 Å². The topological polar surface area (TPSA) is 55.4 Å². The van der Waals surface area contributed by atoms with Crippen molar-refractivity contribution in [2.24, 2.45) is 5.92 Å². The molecule has 5 heteroatoms. The van der Waals surface area contributed by atoms with Gasteiger partial charge in [-0.25, -0.2) is 8.42 Å². The first kappa shape index (κ1) is 16.3. The monoisotopic (exact) mass is 311 g/mol. The predicted molar refractivity (Wildman–Crippen MR) is 85.4 cm³/mol. The minimum Gasteiger partial charge on any atom is -0.496 e. The fourth-order valence-corrected chi connectivity index (χ4v) is 4.63. The van der Waals surface area contributed by atoms with Gasteiger partial charge in [-0.1, -0.05) is 24.6 Å². The maximum Gasteiger partial charge on any atom is 0.150 e. The van der Waals surface area contributed by atoms with E-state index in [1.165, 1.54) is 6.26 Å². The molecule has 21 heavy (non-hydrogen) atoms. The molecule has 1 aromatic rings. The van der Waals surface area contributed by atoms with E-state index in [1.54, 1.807) is 7.11 Å². The van der Waals surface area contributed by atoms with Gasteiger partial charge in [0, 0.05) is 17.9 Å². The Morgan fingerprint density at radius 3 is 2.62 bits per heavy atom. The van der Waals surface area contributed by atoms with Gasteiger partial charge in [-0.05, 0) is 38.3 Å². The van der Waals surface area contributed by atoms with E-state index >= 15 is 0 Å². The summed E-state index contributed by atoms with van der Waals surface area (Å²) in [7, 11) is 0.647. The van der Waals surface area contributed by atoms with Gasteiger partial charge in [0.05, 0.1) is 12.4 Å². The van der Waals surface area contributed by atoms with Crippen molar-refractivity contribution in [1.29, 1.82) is 0 Å². The minimum atomic E-state index is -2.96.